The van der Waals surface area contributed by atoms with Crippen LogP contribution in [0.3, 0.4) is 0 Å². The molecule has 1 aromatic carbocycles. The van der Waals surface area contributed by atoms with Crippen molar-refractivity contribution in [1.82, 2.24) is 0 Å². The average molecular weight is 293 g/mol. The molecule has 21 heavy (non-hydrogen) atoms. The number of benzene rings is 1. The number of hydrogen-bond donors (Lipinski definition) is 3. The van der Waals surface area contributed by atoms with Crippen molar-refractivity contribution in [1.29, 1.82) is 0 Å². The number of aliphatic hydroxyl groups is 2. The number of anilines is 1. The van der Waals surface area contributed by atoms with Crippen LogP contribution in [0.5, 0.6) is 0 Å². The molecule has 0 fully saturated rings. The highest BCUT2D eigenvalue weighted by atomic mass is 16.3. The summed E-state index contributed by atoms with van der Waals surface area (Å²) in [6.45, 7) is 2.05. The maximum Gasteiger partial charge on any atom is 0.0811 e. The van der Waals surface area contributed by atoms with Crippen molar-refractivity contribution in [2.24, 2.45) is 0 Å². The van der Waals surface area contributed by atoms with Crippen molar-refractivity contribution in [2.75, 3.05) is 19.0 Å². The lowest BCUT2D eigenvalue weighted by atomic mass is 10.00. The molecule has 0 heterocycles. The molecule has 0 aliphatic carbocycles. The van der Waals surface area contributed by atoms with Crippen molar-refractivity contribution in [2.45, 2.75) is 64.4 Å². The fourth-order valence-corrected chi connectivity index (χ4v) is 2.62. The van der Waals surface area contributed by atoms with E-state index in [0.717, 1.165) is 17.7 Å². The summed E-state index contributed by atoms with van der Waals surface area (Å²) in [6, 6.07) is 6.38. The van der Waals surface area contributed by atoms with E-state index in [0.29, 0.717) is 6.42 Å². The van der Waals surface area contributed by atoms with Crippen LogP contribution in [0.15, 0.2) is 18.2 Å². The van der Waals surface area contributed by atoms with Gasteiger partial charge in [-0.3, -0.25) is 0 Å². The van der Waals surface area contributed by atoms with Crippen molar-refractivity contribution in [3.05, 3.63) is 29.3 Å². The Morgan fingerprint density at radius 2 is 1.81 bits per heavy atom. The van der Waals surface area contributed by atoms with Gasteiger partial charge in [0.15, 0.2) is 0 Å². The molecule has 3 N–H and O–H groups in total. The number of nitrogens with one attached hydrogen (secondary N) is 1. The van der Waals surface area contributed by atoms with Crippen LogP contribution < -0.4 is 5.32 Å². The second-order valence-corrected chi connectivity index (χ2v) is 5.80. The zero-order chi connectivity index (χ0) is 15.5. The minimum absolute atomic E-state index is 0.192. The summed E-state index contributed by atoms with van der Waals surface area (Å²) < 4.78 is 0. The minimum atomic E-state index is -0.679. The first-order chi connectivity index (χ1) is 10.2. The molecule has 120 valence electrons. The second-order valence-electron chi connectivity index (χ2n) is 5.80. The number of unbranched alkanes of at least 4 members (excludes halogenated alkanes) is 5. The molecule has 0 aliphatic heterocycles. The molecule has 3 nitrogen and oxygen atoms in total. The molecular formula is C18H31NO2. The van der Waals surface area contributed by atoms with Crippen molar-refractivity contribution >= 4 is 5.69 Å². The van der Waals surface area contributed by atoms with Gasteiger partial charge in [-0.25, -0.2) is 0 Å². The Morgan fingerprint density at radius 3 is 2.48 bits per heavy atom. The lowest BCUT2D eigenvalue weighted by Crippen LogP contribution is -2.16. The van der Waals surface area contributed by atoms with Gasteiger partial charge >= 0.3 is 0 Å². The summed E-state index contributed by atoms with van der Waals surface area (Å²) in [6.07, 6.45) is 8.82. The molecule has 3 heteroatoms. The highest BCUT2D eigenvalue weighted by Crippen LogP contribution is 2.20. The van der Waals surface area contributed by atoms with Crippen LogP contribution in [0.4, 0.5) is 5.69 Å². The average Bonchev–Trinajstić information content (AvgIpc) is 2.51. The maximum atomic E-state index is 9.57. The van der Waals surface area contributed by atoms with Gasteiger partial charge in [-0.05, 0) is 30.0 Å². The topological polar surface area (TPSA) is 52.5 Å². The first-order valence-electron chi connectivity index (χ1n) is 8.29. The molecule has 1 aromatic rings. The largest absolute Gasteiger partial charge is 0.394 e. The summed E-state index contributed by atoms with van der Waals surface area (Å²) in [5, 5.41) is 21.7. The van der Waals surface area contributed by atoms with E-state index in [2.05, 4.69) is 30.4 Å². The summed E-state index contributed by atoms with van der Waals surface area (Å²) in [5.74, 6) is 0. The number of aryl methyl sites for hydroxylation is 1. The van der Waals surface area contributed by atoms with Crippen LogP contribution in [0, 0.1) is 0 Å². The van der Waals surface area contributed by atoms with Gasteiger partial charge in [0.2, 0.25) is 0 Å². The fraction of sp³-hybridized carbons (Fsp3) is 0.667. The Bertz CT molecular complexity index is 393. The van der Waals surface area contributed by atoms with Gasteiger partial charge < -0.3 is 15.5 Å². The van der Waals surface area contributed by atoms with Crippen LogP contribution in [0.2, 0.25) is 0 Å². The van der Waals surface area contributed by atoms with E-state index in [1.165, 1.54) is 44.1 Å². The van der Waals surface area contributed by atoms with E-state index in [1.54, 1.807) is 0 Å². The smallest absolute Gasteiger partial charge is 0.0811 e. The summed E-state index contributed by atoms with van der Waals surface area (Å²) in [5.41, 5.74) is 3.47. The van der Waals surface area contributed by atoms with Crippen molar-refractivity contribution in [3.8, 4) is 0 Å². The van der Waals surface area contributed by atoms with Gasteiger partial charge in [-0.15, -0.1) is 0 Å². The molecule has 0 aliphatic rings. The SMILES string of the molecule is CCCCCCCCc1ccc(CC(O)CO)c(NC)c1. The Morgan fingerprint density at radius 1 is 1.10 bits per heavy atom. The second kappa shape index (κ2) is 10.6. The van der Waals surface area contributed by atoms with Crippen molar-refractivity contribution < 1.29 is 10.2 Å². The molecule has 0 aromatic heterocycles. The van der Waals surface area contributed by atoms with E-state index in [-0.39, 0.29) is 6.61 Å². The predicted molar refractivity (Wildman–Crippen MR) is 89.9 cm³/mol. The Balaban J connectivity index is 2.45. The molecular weight excluding hydrogens is 262 g/mol. The Hall–Kier alpha value is -1.06. The predicted octanol–water partition coefficient (Wildman–Crippen LogP) is 3.53. The van der Waals surface area contributed by atoms with Gasteiger partial charge in [0.05, 0.1) is 12.7 Å². The minimum Gasteiger partial charge on any atom is -0.394 e. The van der Waals surface area contributed by atoms with E-state index >= 15 is 0 Å². The summed E-state index contributed by atoms with van der Waals surface area (Å²) in [7, 11) is 1.90. The van der Waals surface area contributed by atoms with Gasteiger partial charge in [0.1, 0.15) is 0 Å². The van der Waals surface area contributed by atoms with Gasteiger partial charge in [0, 0.05) is 19.2 Å². The number of rotatable bonds is 11. The molecule has 0 radical (unpaired) electrons. The summed E-state index contributed by atoms with van der Waals surface area (Å²) >= 11 is 0. The molecule has 1 unspecified atom stereocenters. The zero-order valence-electron chi connectivity index (χ0n) is 13.6. The number of aliphatic hydroxyl groups excluding tert-OH is 2. The highest BCUT2D eigenvalue weighted by molar-refractivity contribution is 5.53. The standard InChI is InChI=1S/C18H31NO2/c1-3-4-5-6-7-8-9-15-10-11-16(13-17(21)14-20)18(12-15)19-2/h10-12,17,19-21H,3-9,13-14H2,1-2H3. The highest BCUT2D eigenvalue weighted by Gasteiger charge is 2.08. The Kier molecular flexibility index (Phi) is 9.11. The molecule has 1 atom stereocenters. The van der Waals surface area contributed by atoms with E-state index in [4.69, 9.17) is 5.11 Å². The molecule has 0 bridgehead atoms. The van der Waals surface area contributed by atoms with E-state index in [9.17, 15) is 5.11 Å². The van der Waals surface area contributed by atoms with Crippen molar-refractivity contribution in [3.63, 3.8) is 0 Å². The van der Waals surface area contributed by atoms with Crippen LogP contribution >= 0.6 is 0 Å². The summed E-state index contributed by atoms with van der Waals surface area (Å²) in [4.78, 5) is 0. The van der Waals surface area contributed by atoms with Gasteiger partial charge in [-0.1, -0.05) is 51.2 Å². The molecule has 0 saturated heterocycles. The molecule has 1 rings (SSSR count). The number of hydrogen-bond acceptors (Lipinski definition) is 3. The monoisotopic (exact) mass is 293 g/mol. The third-order valence-electron chi connectivity index (χ3n) is 3.93. The molecule has 0 saturated carbocycles. The molecule has 0 spiro atoms. The Labute approximate surface area is 129 Å². The van der Waals surface area contributed by atoms with Gasteiger partial charge in [0.25, 0.3) is 0 Å². The lowest BCUT2D eigenvalue weighted by Gasteiger charge is -2.14. The van der Waals surface area contributed by atoms with Crippen LogP contribution in [0.1, 0.15) is 56.6 Å². The molecule has 0 amide bonds. The quantitative estimate of drug-likeness (QED) is 0.547. The fourth-order valence-electron chi connectivity index (χ4n) is 2.62. The third kappa shape index (κ3) is 6.96. The van der Waals surface area contributed by atoms with Crippen LogP contribution in [0.25, 0.3) is 0 Å². The maximum absolute atomic E-state index is 9.57. The first kappa shape index (κ1) is 18.0. The zero-order valence-corrected chi connectivity index (χ0v) is 13.6. The van der Waals surface area contributed by atoms with E-state index in [1.807, 2.05) is 7.05 Å². The first-order valence-corrected chi connectivity index (χ1v) is 8.29. The lowest BCUT2D eigenvalue weighted by molar-refractivity contribution is 0.0956. The van der Waals surface area contributed by atoms with Gasteiger partial charge in [-0.2, -0.15) is 0 Å². The van der Waals surface area contributed by atoms with E-state index < -0.39 is 6.10 Å². The van der Waals surface area contributed by atoms with Crippen LogP contribution in [-0.4, -0.2) is 30.0 Å². The van der Waals surface area contributed by atoms with Crippen LogP contribution in [-0.2, 0) is 12.8 Å². The third-order valence-corrected chi connectivity index (χ3v) is 3.93. The normalized spacial score (nSPS) is 12.4.